The van der Waals surface area contributed by atoms with Crippen molar-refractivity contribution in [2.75, 3.05) is 18.9 Å². The highest BCUT2D eigenvalue weighted by atomic mass is 32.2. The number of H-pyrrole nitrogens is 1. The van der Waals surface area contributed by atoms with Gasteiger partial charge in [0.2, 0.25) is 0 Å². The van der Waals surface area contributed by atoms with Crippen molar-refractivity contribution in [2.24, 2.45) is 0 Å². The number of halogens is 1. The first-order valence-corrected chi connectivity index (χ1v) is 10.5. The molecule has 1 heterocycles. The Hall–Kier alpha value is -2.64. The highest BCUT2D eigenvalue weighted by molar-refractivity contribution is 7.99. The number of hydrogen-bond donors (Lipinski definition) is 2. The molecule has 7 heteroatoms. The van der Waals surface area contributed by atoms with Gasteiger partial charge in [0.1, 0.15) is 11.5 Å². The molecule has 0 amide bonds. The molecule has 29 heavy (non-hydrogen) atoms. The first-order chi connectivity index (χ1) is 14.1. The van der Waals surface area contributed by atoms with E-state index in [-0.39, 0.29) is 11.8 Å². The molecule has 5 nitrogen and oxygen atoms in total. The van der Waals surface area contributed by atoms with Gasteiger partial charge in [-0.25, -0.2) is 14.2 Å². The largest absolute Gasteiger partial charge is 0.461 e. The van der Waals surface area contributed by atoms with Crippen molar-refractivity contribution in [3.63, 3.8) is 0 Å². The first kappa shape index (κ1) is 21.1. The van der Waals surface area contributed by atoms with Crippen molar-refractivity contribution in [2.45, 2.75) is 25.5 Å². The Kier molecular flexibility index (Phi) is 7.43. The molecule has 2 N–H and O–H groups in total. The number of aromatic nitrogens is 2. The van der Waals surface area contributed by atoms with Crippen LogP contribution in [0.4, 0.5) is 4.39 Å². The van der Waals surface area contributed by atoms with Crippen molar-refractivity contribution < 1.29 is 13.9 Å². The number of hydrogen-bond acceptors (Lipinski definition) is 5. The Labute approximate surface area is 174 Å². The lowest BCUT2D eigenvalue weighted by atomic mass is 10.0. The summed E-state index contributed by atoms with van der Waals surface area (Å²) in [7, 11) is 0. The standard InChI is InChI=1S/C22H24FN3O2S/c1-3-28-21(27)20-14-25-22(26-20)29-11-10-24-13-16-5-7-17(8-6-16)18-9-4-15(2)12-19(18)23/h4-9,12,14,24H,3,10-11,13H2,1-2H3,(H,25,26). The Balaban J connectivity index is 1.42. The lowest BCUT2D eigenvalue weighted by Gasteiger charge is -2.07. The van der Waals surface area contributed by atoms with Crippen LogP contribution in [0.25, 0.3) is 11.1 Å². The molecule has 0 radical (unpaired) electrons. The molecular formula is C22H24FN3O2S. The number of benzene rings is 2. The molecule has 0 spiro atoms. The van der Waals surface area contributed by atoms with Gasteiger partial charge in [-0.15, -0.1) is 0 Å². The van der Waals surface area contributed by atoms with Gasteiger partial charge >= 0.3 is 5.97 Å². The minimum atomic E-state index is -0.390. The van der Waals surface area contributed by atoms with Crippen molar-refractivity contribution in [3.05, 3.63) is 71.3 Å². The summed E-state index contributed by atoms with van der Waals surface area (Å²) in [5.74, 6) is 0.221. The predicted octanol–water partition coefficient (Wildman–Crippen LogP) is 4.58. The monoisotopic (exact) mass is 413 g/mol. The van der Waals surface area contributed by atoms with Gasteiger partial charge in [0, 0.05) is 24.4 Å². The summed E-state index contributed by atoms with van der Waals surface area (Å²) >= 11 is 1.54. The van der Waals surface area contributed by atoms with Gasteiger partial charge < -0.3 is 15.0 Å². The van der Waals surface area contributed by atoms with Crippen LogP contribution in [0.2, 0.25) is 0 Å². The molecule has 0 fully saturated rings. The average molecular weight is 414 g/mol. The minimum absolute atomic E-state index is 0.197. The van der Waals surface area contributed by atoms with Crippen LogP contribution < -0.4 is 5.32 Å². The van der Waals surface area contributed by atoms with E-state index in [4.69, 9.17) is 4.74 Å². The van der Waals surface area contributed by atoms with Crippen LogP contribution in [0.3, 0.4) is 0 Å². The van der Waals surface area contributed by atoms with Gasteiger partial charge in [-0.05, 0) is 36.6 Å². The number of rotatable bonds is 9. The third-order valence-electron chi connectivity index (χ3n) is 4.28. The molecule has 3 aromatic rings. The van der Waals surface area contributed by atoms with E-state index in [9.17, 15) is 9.18 Å². The predicted molar refractivity (Wildman–Crippen MR) is 114 cm³/mol. The highest BCUT2D eigenvalue weighted by Gasteiger charge is 2.10. The van der Waals surface area contributed by atoms with Crippen LogP contribution in [0, 0.1) is 12.7 Å². The molecule has 0 aliphatic carbocycles. The van der Waals surface area contributed by atoms with Crippen LogP contribution in [0.1, 0.15) is 28.5 Å². The second-order valence-electron chi connectivity index (χ2n) is 6.53. The number of esters is 1. The summed E-state index contributed by atoms with van der Waals surface area (Å²) in [6, 6.07) is 13.2. The summed E-state index contributed by atoms with van der Waals surface area (Å²) in [6.45, 7) is 5.50. The Bertz CT molecular complexity index is 957. The smallest absolute Gasteiger partial charge is 0.356 e. The quantitative estimate of drug-likeness (QED) is 0.305. The van der Waals surface area contributed by atoms with E-state index in [2.05, 4.69) is 15.3 Å². The molecule has 2 aromatic carbocycles. The summed E-state index contributed by atoms with van der Waals surface area (Å²) in [5, 5.41) is 4.07. The van der Waals surface area contributed by atoms with E-state index >= 15 is 0 Å². The fourth-order valence-electron chi connectivity index (χ4n) is 2.80. The van der Waals surface area contributed by atoms with E-state index in [0.717, 1.165) is 35.5 Å². The molecule has 0 saturated carbocycles. The highest BCUT2D eigenvalue weighted by Crippen LogP contribution is 2.24. The normalized spacial score (nSPS) is 10.9. The second-order valence-corrected chi connectivity index (χ2v) is 7.61. The van der Waals surface area contributed by atoms with Crippen molar-refractivity contribution in [1.82, 2.24) is 15.3 Å². The van der Waals surface area contributed by atoms with E-state index in [1.807, 2.05) is 43.3 Å². The van der Waals surface area contributed by atoms with Crippen molar-refractivity contribution >= 4 is 17.7 Å². The van der Waals surface area contributed by atoms with E-state index < -0.39 is 0 Å². The molecule has 0 saturated heterocycles. The van der Waals surface area contributed by atoms with Crippen LogP contribution in [0.5, 0.6) is 0 Å². The third-order valence-corrected chi connectivity index (χ3v) is 5.17. The zero-order chi connectivity index (χ0) is 20.6. The number of carbonyl (C=O) groups excluding carboxylic acids is 1. The van der Waals surface area contributed by atoms with Crippen LogP contribution in [-0.2, 0) is 11.3 Å². The van der Waals surface area contributed by atoms with Gasteiger partial charge in [0.05, 0.1) is 12.8 Å². The van der Waals surface area contributed by atoms with E-state index in [0.29, 0.717) is 23.0 Å². The zero-order valence-electron chi connectivity index (χ0n) is 16.5. The van der Waals surface area contributed by atoms with Crippen LogP contribution in [0.15, 0.2) is 53.8 Å². The zero-order valence-corrected chi connectivity index (χ0v) is 17.3. The maximum Gasteiger partial charge on any atom is 0.356 e. The average Bonchev–Trinajstić information content (AvgIpc) is 3.18. The molecule has 3 rings (SSSR count). The topological polar surface area (TPSA) is 67.0 Å². The number of aryl methyl sites for hydroxylation is 1. The fourth-order valence-corrected chi connectivity index (χ4v) is 3.55. The van der Waals surface area contributed by atoms with Crippen LogP contribution >= 0.6 is 11.8 Å². The number of ether oxygens (including phenoxy) is 1. The number of nitrogens with one attached hydrogen (secondary N) is 2. The molecule has 0 atom stereocenters. The maximum atomic E-state index is 14.1. The summed E-state index contributed by atoms with van der Waals surface area (Å²) in [5.41, 5.74) is 3.90. The van der Waals surface area contributed by atoms with Gasteiger partial charge in [-0.2, -0.15) is 0 Å². The maximum absolute atomic E-state index is 14.1. The van der Waals surface area contributed by atoms with Gasteiger partial charge in [-0.3, -0.25) is 0 Å². The van der Waals surface area contributed by atoms with Crippen molar-refractivity contribution in [1.29, 1.82) is 0 Å². The van der Waals surface area contributed by atoms with E-state index in [1.165, 1.54) is 18.0 Å². The van der Waals surface area contributed by atoms with Crippen molar-refractivity contribution in [3.8, 4) is 11.1 Å². The van der Waals surface area contributed by atoms with Crippen LogP contribution in [-0.4, -0.2) is 34.8 Å². The first-order valence-electron chi connectivity index (χ1n) is 9.48. The SMILES string of the molecule is CCOC(=O)c1cnc(SCCNCc2ccc(-c3ccc(C)cc3F)cc2)[nH]1. The molecule has 0 bridgehead atoms. The Morgan fingerprint density at radius 1 is 1.24 bits per heavy atom. The molecular weight excluding hydrogens is 389 g/mol. The minimum Gasteiger partial charge on any atom is -0.461 e. The number of aromatic amines is 1. The third kappa shape index (κ3) is 5.92. The molecule has 1 aromatic heterocycles. The number of thioether (sulfide) groups is 1. The molecule has 0 aliphatic rings. The lowest BCUT2D eigenvalue weighted by molar-refractivity contribution is 0.0519. The summed E-state index contributed by atoms with van der Waals surface area (Å²) in [4.78, 5) is 18.7. The van der Waals surface area contributed by atoms with Gasteiger partial charge in [0.25, 0.3) is 0 Å². The molecule has 152 valence electrons. The summed E-state index contributed by atoms with van der Waals surface area (Å²) in [6.07, 6.45) is 1.49. The van der Waals surface area contributed by atoms with Gasteiger partial charge in [-0.1, -0.05) is 48.2 Å². The van der Waals surface area contributed by atoms with E-state index in [1.54, 1.807) is 13.0 Å². The number of imidazole rings is 1. The Morgan fingerprint density at radius 2 is 2.03 bits per heavy atom. The Morgan fingerprint density at radius 3 is 2.76 bits per heavy atom. The van der Waals surface area contributed by atoms with Gasteiger partial charge in [0.15, 0.2) is 5.16 Å². The fraction of sp³-hybridized carbons (Fsp3) is 0.273. The summed E-state index contributed by atoms with van der Waals surface area (Å²) < 4.78 is 19.0. The number of nitrogens with zero attached hydrogens (tertiary/aromatic N) is 1. The molecule has 0 unspecified atom stereocenters. The molecule has 0 aliphatic heterocycles. The number of carbonyl (C=O) groups is 1. The lowest BCUT2D eigenvalue weighted by Crippen LogP contribution is -2.16. The second kappa shape index (κ2) is 10.2.